The minimum Gasteiger partial charge on any atom is -0.497 e. The Morgan fingerprint density at radius 3 is 2.36 bits per heavy atom. The highest BCUT2D eigenvalue weighted by Crippen LogP contribution is 2.42. The zero-order chi connectivity index (χ0) is 25.3. The zero-order valence-corrected chi connectivity index (χ0v) is 21.8. The lowest BCUT2D eigenvalue weighted by Gasteiger charge is -2.29. The Balaban J connectivity index is 1.28. The Morgan fingerprint density at radius 1 is 0.861 bits per heavy atom. The van der Waals surface area contributed by atoms with Crippen LogP contribution in [0.3, 0.4) is 0 Å². The lowest BCUT2D eigenvalue weighted by Crippen LogP contribution is -2.30. The van der Waals surface area contributed by atoms with Crippen LogP contribution < -0.4 is 23.3 Å². The smallest absolute Gasteiger partial charge is 0.241 e. The number of hydrogen-bond acceptors (Lipinski definition) is 7. The molecule has 4 rings (SSSR count). The van der Waals surface area contributed by atoms with Gasteiger partial charge >= 0.3 is 0 Å². The van der Waals surface area contributed by atoms with Crippen molar-refractivity contribution < 1.29 is 23.7 Å². The molecular weight excluding hydrogens is 476 g/mol. The van der Waals surface area contributed by atoms with E-state index in [1.165, 1.54) is 11.9 Å². The number of benzene rings is 3. The Labute approximate surface area is 217 Å². The molecule has 0 fully saturated rings. The van der Waals surface area contributed by atoms with E-state index in [2.05, 4.69) is 11.9 Å². The van der Waals surface area contributed by atoms with Gasteiger partial charge in [-0.15, -0.1) is 0 Å². The highest BCUT2D eigenvalue weighted by atomic mass is 32.2. The summed E-state index contributed by atoms with van der Waals surface area (Å²) in [6, 6.07) is 21.2. The monoisotopic (exact) mass is 508 g/mol. The highest BCUT2D eigenvalue weighted by Gasteiger charge is 2.28. The van der Waals surface area contributed by atoms with Crippen LogP contribution in [0, 0.1) is 0 Å². The van der Waals surface area contributed by atoms with Crippen molar-refractivity contribution in [2.24, 2.45) is 0 Å². The second kappa shape index (κ2) is 12.6. The number of carbonyl (C=O) groups excluding carboxylic acids is 1. The zero-order valence-electron chi connectivity index (χ0n) is 20.9. The molecule has 1 aliphatic rings. The van der Waals surface area contributed by atoms with E-state index in [1.807, 2.05) is 66.7 Å². The molecule has 190 valence electrons. The number of fused-ring (bicyclic) bond motifs is 1. The molecular formula is C28H32N2O5S. The molecule has 0 atom stereocenters. The molecule has 0 aliphatic carbocycles. The summed E-state index contributed by atoms with van der Waals surface area (Å²) in [5.41, 5.74) is 1.76. The maximum absolute atomic E-state index is 12.9. The van der Waals surface area contributed by atoms with Crippen LogP contribution >= 0.6 is 11.9 Å². The summed E-state index contributed by atoms with van der Waals surface area (Å²) in [7, 11) is 5.33. The first-order valence-electron chi connectivity index (χ1n) is 11.9. The number of carbonyl (C=O) groups is 1. The molecule has 3 aromatic carbocycles. The predicted molar refractivity (Wildman–Crippen MR) is 143 cm³/mol. The van der Waals surface area contributed by atoms with E-state index in [0.29, 0.717) is 36.8 Å². The van der Waals surface area contributed by atoms with Gasteiger partial charge in [0, 0.05) is 24.1 Å². The van der Waals surface area contributed by atoms with Crippen LogP contribution in [0.4, 0.5) is 5.69 Å². The summed E-state index contributed by atoms with van der Waals surface area (Å²) >= 11 is 1.42. The van der Waals surface area contributed by atoms with Gasteiger partial charge in [-0.05, 0) is 73.4 Å². The number of anilines is 1. The fourth-order valence-corrected chi connectivity index (χ4v) is 4.83. The first kappa shape index (κ1) is 25.7. The molecule has 1 aliphatic heterocycles. The number of likely N-dealkylation sites (N-methyl/N-ethyl adjacent to an activating group) is 1. The van der Waals surface area contributed by atoms with Gasteiger partial charge in [-0.2, -0.15) is 0 Å². The van der Waals surface area contributed by atoms with E-state index in [1.54, 1.807) is 18.5 Å². The number of methoxy groups -OCH3 is 2. The number of ether oxygens (including phenoxy) is 4. The quantitative estimate of drug-likeness (QED) is 0.250. The van der Waals surface area contributed by atoms with Gasteiger partial charge in [0.1, 0.15) is 35.3 Å². The molecule has 0 spiro atoms. The maximum Gasteiger partial charge on any atom is 0.241 e. The molecule has 1 amide bonds. The molecule has 0 radical (unpaired) electrons. The summed E-state index contributed by atoms with van der Waals surface area (Å²) in [6.07, 6.45) is 1.21. The number of amides is 1. The van der Waals surface area contributed by atoms with Crippen molar-refractivity contribution in [3.63, 3.8) is 0 Å². The van der Waals surface area contributed by atoms with E-state index < -0.39 is 0 Å². The number of nitrogens with zero attached hydrogens (tertiary/aromatic N) is 2. The fraction of sp³-hybridized carbons (Fsp3) is 0.321. The van der Waals surface area contributed by atoms with Gasteiger partial charge in [-0.3, -0.25) is 4.79 Å². The highest BCUT2D eigenvalue weighted by molar-refractivity contribution is 8.01. The summed E-state index contributed by atoms with van der Waals surface area (Å²) in [5.74, 6) is 3.01. The maximum atomic E-state index is 12.9. The Bertz CT molecular complexity index is 1150. The molecule has 0 saturated heterocycles. The predicted octanol–water partition coefficient (Wildman–Crippen LogP) is 5.08. The summed E-state index contributed by atoms with van der Waals surface area (Å²) in [6.45, 7) is 2.80. The lowest BCUT2D eigenvalue weighted by atomic mass is 10.1. The molecule has 7 nitrogen and oxygen atoms in total. The first-order valence-corrected chi connectivity index (χ1v) is 12.7. The normalized spacial score (nSPS) is 12.9. The van der Waals surface area contributed by atoms with Crippen LogP contribution in [0.2, 0.25) is 0 Å². The van der Waals surface area contributed by atoms with Gasteiger partial charge in [0.15, 0.2) is 0 Å². The second-order valence-electron chi connectivity index (χ2n) is 8.43. The molecule has 1 heterocycles. The van der Waals surface area contributed by atoms with Crippen molar-refractivity contribution in [1.29, 1.82) is 0 Å². The van der Waals surface area contributed by atoms with E-state index in [-0.39, 0.29) is 5.91 Å². The number of rotatable bonds is 12. The molecule has 36 heavy (non-hydrogen) atoms. The molecule has 0 bridgehead atoms. The second-order valence-corrected chi connectivity index (χ2v) is 9.41. The van der Waals surface area contributed by atoms with Gasteiger partial charge in [0.2, 0.25) is 5.91 Å². The van der Waals surface area contributed by atoms with Crippen molar-refractivity contribution in [1.82, 2.24) is 4.90 Å². The first-order chi connectivity index (χ1) is 17.6. The van der Waals surface area contributed by atoms with Gasteiger partial charge in [0.05, 0.1) is 27.2 Å². The van der Waals surface area contributed by atoms with Crippen molar-refractivity contribution in [2.45, 2.75) is 17.7 Å². The van der Waals surface area contributed by atoms with Crippen LogP contribution in [0.5, 0.6) is 23.0 Å². The van der Waals surface area contributed by atoms with Gasteiger partial charge < -0.3 is 23.8 Å². The van der Waals surface area contributed by atoms with Crippen molar-refractivity contribution >= 4 is 23.5 Å². The van der Waals surface area contributed by atoms with E-state index in [4.69, 9.17) is 18.9 Å². The number of hydrogen-bond donors (Lipinski definition) is 0. The molecule has 3 aromatic rings. The Morgan fingerprint density at radius 2 is 1.58 bits per heavy atom. The van der Waals surface area contributed by atoms with E-state index >= 15 is 0 Å². The minimum atomic E-state index is 0.0217. The standard InChI is InChI=1S/C28H32N2O5S/c1-29(16-18-34-23-11-9-22(32-2)10-12-23)15-6-17-35-26-14-13-24(33-3)20-25(26)30-28(31)19-21-7-4-5-8-27(21)36-30/h4-5,7-14,20H,6,15-19H2,1-3H3. The average Bonchev–Trinajstić information content (AvgIpc) is 2.91. The fourth-order valence-electron chi connectivity index (χ4n) is 3.83. The molecule has 0 unspecified atom stereocenters. The van der Waals surface area contributed by atoms with Crippen LogP contribution in [0.25, 0.3) is 0 Å². The third-order valence-corrected chi connectivity index (χ3v) is 7.04. The minimum absolute atomic E-state index is 0.0217. The van der Waals surface area contributed by atoms with Crippen LogP contribution in [0.15, 0.2) is 71.6 Å². The van der Waals surface area contributed by atoms with Gasteiger partial charge in [-0.1, -0.05) is 18.2 Å². The third kappa shape index (κ3) is 6.65. The Kier molecular flexibility index (Phi) is 8.97. The van der Waals surface area contributed by atoms with E-state index in [9.17, 15) is 4.79 Å². The van der Waals surface area contributed by atoms with Crippen LogP contribution in [-0.4, -0.2) is 58.4 Å². The van der Waals surface area contributed by atoms with Gasteiger partial charge in [0.25, 0.3) is 0 Å². The molecule has 0 N–H and O–H groups in total. The lowest BCUT2D eigenvalue weighted by molar-refractivity contribution is -0.116. The van der Waals surface area contributed by atoms with Crippen LogP contribution in [-0.2, 0) is 11.2 Å². The molecule has 0 saturated carbocycles. The summed E-state index contributed by atoms with van der Waals surface area (Å²) in [4.78, 5) is 16.2. The topological polar surface area (TPSA) is 60.5 Å². The largest absolute Gasteiger partial charge is 0.497 e. The van der Waals surface area contributed by atoms with Crippen molar-refractivity contribution in [2.75, 3.05) is 51.9 Å². The summed E-state index contributed by atoms with van der Waals surface area (Å²) in [5, 5.41) is 0. The molecule has 0 aromatic heterocycles. The Hall–Kier alpha value is -3.36. The van der Waals surface area contributed by atoms with Crippen molar-refractivity contribution in [3.05, 3.63) is 72.3 Å². The van der Waals surface area contributed by atoms with Crippen molar-refractivity contribution in [3.8, 4) is 23.0 Å². The third-order valence-electron chi connectivity index (χ3n) is 5.86. The average molecular weight is 509 g/mol. The van der Waals surface area contributed by atoms with E-state index in [0.717, 1.165) is 41.5 Å². The summed E-state index contributed by atoms with van der Waals surface area (Å²) < 4.78 is 24.2. The SMILES string of the molecule is COc1ccc(OCCN(C)CCCOc2ccc(OC)cc2N2Sc3ccccc3CC2=O)cc1. The van der Waals surface area contributed by atoms with Crippen LogP contribution in [0.1, 0.15) is 12.0 Å². The molecule has 8 heteroatoms. The van der Waals surface area contributed by atoms with Gasteiger partial charge in [-0.25, -0.2) is 4.31 Å².